The lowest BCUT2D eigenvalue weighted by atomic mass is 9.94. The molecule has 0 atom stereocenters. The minimum atomic E-state index is -0.674. The Kier molecular flexibility index (Phi) is 5.22. The molecule has 6 heteroatoms. The smallest absolute Gasteiger partial charge is 0.242 e. The quantitative estimate of drug-likeness (QED) is 0.722. The largest absolute Gasteiger partial charge is 0.473 e. The van der Waals surface area contributed by atoms with Crippen LogP contribution in [-0.4, -0.2) is 33.3 Å². The number of hydrogen-bond donors (Lipinski definition) is 3. The van der Waals surface area contributed by atoms with Gasteiger partial charge in [0.25, 0.3) is 0 Å². The van der Waals surface area contributed by atoms with Crippen LogP contribution < -0.4 is 15.8 Å². The van der Waals surface area contributed by atoms with Crippen LogP contribution in [0.1, 0.15) is 52.4 Å². The first-order valence-corrected chi connectivity index (χ1v) is 7.73. The van der Waals surface area contributed by atoms with Gasteiger partial charge in [-0.15, -0.1) is 0 Å². The zero-order valence-electron chi connectivity index (χ0n) is 12.9. The second kappa shape index (κ2) is 6.93. The molecule has 2 rings (SSSR count). The second-order valence-corrected chi connectivity index (χ2v) is 6.10. The monoisotopic (exact) mass is 294 g/mol. The van der Waals surface area contributed by atoms with Crippen molar-refractivity contribution in [2.75, 3.05) is 17.6 Å². The predicted molar refractivity (Wildman–Crippen MR) is 83.3 cm³/mol. The summed E-state index contributed by atoms with van der Waals surface area (Å²) in [5.74, 6) is 0.911. The summed E-state index contributed by atoms with van der Waals surface area (Å²) in [5.41, 5.74) is 5.75. The lowest BCUT2D eigenvalue weighted by molar-refractivity contribution is 0.0380. The van der Waals surface area contributed by atoms with Gasteiger partial charge in [-0.2, -0.15) is 4.98 Å². The minimum absolute atomic E-state index is 0.00101. The Hall–Kier alpha value is -1.56. The topological polar surface area (TPSA) is 93.3 Å². The molecule has 0 spiro atoms. The maximum Gasteiger partial charge on any atom is 0.242 e. The Morgan fingerprint density at radius 3 is 2.57 bits per heavy atom. The van der Waals surface area contributed by atoms with E-state index in [2.05, 4.69) is 15.3 Å². The molecular formula is C15H26N4O2. The fraction of sp³-hybridized carbons (Fsp3) is 0.733. The highest BCUT2D eigenvalue weighted by molar-refractivity contribution is 5.66. The van der Waals surface area contributed by atoms with Crippen LogP contribution in [0.15, 0.2) is 6.33 Å². The first-order valence-electron chi connectivity index (χ1n) is 7.73. The van der Waals surface area contributed by atoms with Crippen molar-refractivity contribution in [3.8, 4) is 5.88 Å². The average molecular weight is 294 g/mol. The zero-order valence-corrected chi connectivity index (χ0v) is 12.9. The summed E-state index contributed by atoms with van der Waals surface area (Å²) >= 11 is 0. The fourth-order valence-electron chi connectivity index (χ4n) is 2.65. The Morgan fingerprint density at radius 1 is 1.29 bits per heavy atom. The van der Waals surface area contributed by atoms with Crippen LogP contribution in [0.25, 0.3) is 0 Å². The third kappa shape index (κ3) is 4.46. The summed E-state index contributed by atoms with van der Waals surface area (Å²) in [4.78, 5) is 8.19. The van der Waals surface area contributed by atoms with Crippen molar-refractivity contribution in [3.63, 3.8) is 0 Å². The molecule has 0 bridgehead atoms. The van der Waals surface area contributed by atoms with Gasteiger partial charge in [-0.05, 0) is 26.7 Å². The molecule has 0 amide bonds. The molecule has 0 aromatic carbocycles. The highest BCUT2D eigenvalue weighted by Crippen LogP contribution is 2.29. The standard InChI is InChI=1S/C15H26N4O2/c1-11(2)21-14-12(16)13(18-10-19-14)17-9-15(20)7-5-3-4-6-8-15/h10-11,20H,3-9,16H2,1-2H3,(H,17,18,19). The molecular weight excluding hydrogens is 268 g/mol. The summed E-state index contributed by atoms with van der Waals surface area (Å²) in [6.07, 6.45) is 7.60. The number of ether oxygens (including phenoxy) is 1. The van der Waals surface area contributed by atoms with Gasteiger partial charge < -0.3 is 20.9 Å². The van der Waals surface area contributed by atoms with Crippen LogP contribution in [0.2, 0.25) is 0 Å². The third-order valence-electron chi connectivity index (χ3n) is 3.81. The van der Waals surface area contributed by atoms with Crippen LogP contribution >= 0.6 is 0 Å². The van der Waals surface area contributed by atoms with E-state index in [9.17, 15) is 5.11 Å². The van der Waals surface area contributed by atoms with Crippen molar-refractivity contribution >= 4 is 11.5 Å². The maximum absolute atomic E-state index is 10.6. The van der Waals surface area contributed by atoms with Gasteiger partial charge in [-0.3, -0.25) is 0 Å². The summed E-state index contributed by atoms with van der Waals surface area (Å²) < 4.78 is 5.54. The molecule has 0 saturated heterocycles. The van der Waals surface area contributed by atoms with E-state index in [1.165, 1.54) is 19.2 Å². The van der Waals surface area contributed by atoms with Crippen molar-refractivity contribution < 1.29 is 9.84 Å². The van der Waals surface area contributed by atoms with Gasteiger partial charge >= 0.3 is 0 Å². The molecule has 1 aliphatic carbocycles. The highest BCUT2D eigenvalue weighted by atomic mass is 16.5. The van der Waals surface area contributed by atoms with E-state index in [4.69, 9.17) is 10.5 Å². The van der Waals surface area contributed by atoms with Crippen LogP contribution in [0, 0.1) is 0 Å². The van der Waals surface area contributed by atoms with Crippen LogP contribution in [0.4, 0.5) is 11.5 Å². The van der Waals surface area contributed by atoms with E-state index < -0.39 is 5.60 Å². The first-order chi connectivity index (χ1) is 10.0. The molecule has 1 heterocycles. The Morgan fingerprint density at radius 2 is 1.95 bits per heavy atom. The van der Waals surface area contributed by atoms with Gasteiger partial charge in [-0.25, -0.2) is 4.98 Å². The van der Waals surface area contributed by atoms with E-state index in [-0.39, 0.29) is 6.10 Å². The molecule has 6 nitrogen and oxygen atoms in total. The van der Waals surface area contributed by atoms with Crippen molar-refractivity contribution in [1.82, 2.24) is 9.97 Å². The summed E-state index contributed by atoms with van der Waals surface area (Å²) in [6.45, 7) is 4.29. The van der Waals surface area contributed by atoms with Gasteiger partial charge in [-0.1, -0.05) is 25.7 Å². The van der Waals surface area contributed by atoms with E-state index in [0.717, 1.165) is 25.7 Å². The number of rotatable bonds is 5. The predicted octanol–water partition coefficient (Wildman–Crippen LogP) is 2.34. The Bertz CT molecular complexity index is 457. The van der Waals surface area contributed by atoms with E-state index in [0.29, 0.717) is 23.9 Å². The zero-order chi connectivity index (χ0) is 15.3. The van der Waals surface area contributed by atoms with Crippen LogP contribution in [-0.2, 0) is 0 Å². The number of aromatic nitrogens is 2. The van der Waals surface area contributed by atoms with E-state index in [1.807, 2.05) is 13.8 Å². The number of aliphatic hydroxyl groups is 1. The van der Waals surface area contributed by atoms with Gasteiger partial charge in [0, 0.05) is 6.54 Å². The maximum atomic E-state index is 10.6. The number of nitrogens with two attached hydrogens (primary N) is 1. The van der Waals surface area contributed by atoms with Crippen molar-refractivity contribution in [1.29, 1.82) is 0 Å². The van der Waals surface area contributed by atoms with Crippen molar-refractivity contribution in [2.24, 2.45) is 0 Å². The Balaban J connectivity index is 2.02. The number of nitrogens with zero attached hydrogens (tertiary/aromatic N) is 2. The number of hydrogen-bond acceptors (Lipinski definition) is 6. The Labute approximate surface area is 126 Å². The van der Waals surface area contributed by atoms with Crippen LogP contribution in [0.5, 0.6) is 5.88 Å². The van der Waals surface area contributed by atoms with Gasteiger partial charge in [0.15, 0.2) is 5.82 Å². The van der Waals surface area contributed by atoms with Crippen molar-refractivity contribution in [2.45, 2.75) is 64.1 Å². The van der Waals surface area contributed by atoms with E-state index in [1.54, 1.807) is 0 Å². The molecule has 21 heavy (non-hydrogen) atoms. The van der Waals surface area contributed by atoms with Gasteiger partial charge in [0.05, 0.1) is 11.7 Å². The molecule has 1 aliphatic rings. The summed E-state index contributed by atoms with van der Waals surface area (Å²) in [6, 6.07) is 0. The summed E-state index contributed by atoms with van der Waals surface area (Å²) in [7, 11) is 0. The molecule has 0 radical (unpaired) electrons. The highest BCUT2D eigenvalue weighted by Gasteiger charge is 2.28. The molecule has 0 unspecified atom stereocenters. The average Bonchev–Trinajstić information content (AvgIpc) is 2.65. The SMILES string of the molecule is CC(C)Oc1ncnc(NCC2(O)CCCCCC2)c1N. The number of nitrogen functional groups attached to an aromatic ring is 1. The first kappa shape index (κ1) is 15.8. The lowest BCUT2D eigenvalue weighted by Crippen LogP contribution is -2.36. The molecule has 1 saturated carbocycles. The van der Waals surface area contributed by atoms with E-state index >= 15 is 0 Å². The van der Waals surface area contributed by atoms with Crippen LogP contribution in [0.3, 0.4) is 0 Å². The molecule has 4 N–H and O–H groups in total. The number of anilines is 2. The lowest BCUT2D eigenvalue weighted by Gasteiger charge is -2.27. The van der Waals surface area contributed by atoms with Gasteiger partial charge in [0.2, 0.25) is 5.88 Å². The van der Waals surface area contributed by atoms with Gasteiger partial charge in [0.1, 0.15) is 12.0 Å². The molecule has 1 aromatic rings. The molecule has 118 valence electrons. The fourth-order valence-corrected chi connectivity index (χ4v) is 2.65. The molecule has 0 aliphatic heterocycles. The summed E-state index contributed by atoms with van der Waals surface area (Å²) in [5, 5.41) is 13.8. The molecule has 1 fully saturated rings. The number of nitrogens with one attached hydrogen (secondary N) is 1. The minimum Gasteiger partial charge on any atom is -0.473 e. The second-order valence-electron chi connectivity index (χ2n) is 6.10. The third-order valence-corrected chi connectivity index (χ3v) is 3.81. The van der Waals surface area contributed by atoms with Crippen molar-refractivity contribution in [3.05, 3.63) is 6.33 Å². The normalized spacial score (nSPS) is 18.3. The molecule has 1 aromatic heterocycles.